The Labute approximate surface area is 195 Å². The number of carbonyl (C=O) groups is 3. The molecule has 3 aromatic rings. The third-order valence-corrected chi connectivity index (χ3v) is 5.50. The molecule has 0 atom stereocenters. The van der Waals surface area contributed by atoms with Gasteiger partial charge in [0.25, 0.3) is 5.91 Å². The lowest BCUT2D eigenvalue weighted by atomic mass is 9.93. The van der Waals surface area contributed by atoms with E-state index in [2.05, 4.69) is 21.4 Å². The molecule has 0 aliphatic heterocycles. The molecule has 4 N–H and O–H groups in total. The zero-order chi connectivity index (χ0) is 24.1. The fourth-order valence-corrected chi connectivity index (χ4v) is 3.85. The molecular formula is C25H24N4O5. The van der Waals surface area contributed by atoms with Crippen molar-refractivity contribution in [3.63, 3.8) is 0 Å². The fraction of sp³-hybridized carbons (Fsp3) is 0.200. The summed E-state index contributed by atoms with van der Waals surface area (Å²) < 4.78 is 5.79. The molecule has 1 aromatic heterocycles. The zero-order valence-corrected chi connectivity index (χ0v) is 18.6. The molecule has 9 heteroatoms. The third-order valence-electron chi connectivity index (χ3n) is 5.50. The van der Waals surface area contributed by atoms with Crippen molar-refractivity contribution in [1.29, 1.82) is 0 Å². The molecule has 0 radical (unpaired) electrons. The van der Waals surface area contributed by atoms with Gasteiger partial charge in [-0.3, -0.25) is 25.2 Å². The van der Waals surface area contributed by atoms with Gasteiger partial charge in [-0.2, -0.15) is 5.10 Å². The minimum absolute atomic E-state index is 0.0756. The van der Waals surface area contributed by atoms with E-state index >= 15 is 0 Å². The van der Waals surface area contributed by atoms with Crippen molar-refractivity contribution >= 4 is 23.4 Å². The summed E-state index contributed by atoms with van der Waals surface area (Å²) in [6.45, 7) is 1.73. The highest BCUT2D eigenvalue weighted by Gasteiger charge is 2.28. The van der Waals surface area contributed by atoms with Crippen LogP contribution in [0.25, 0.3) is 0 Å². The molecule has 174 valence electrons. The van der Waals surface area contributed by atoms with E-state index in [0.29, 0.717) is 35.4 Å². The summed E-state index contributed by atoms with van der Waals surface area (Å²) in [4.78, 5) is 37.2. The number of amides is 3. The number of benzene rings is 2. The Hall–Kier alpha value is -4.40. The SMILES string of the molecule is Cc1c(C(=O)NNC(=O)Cc2ccccc2)oc2c1/C(=N/NC(=O)c1ccccc1O)CCC2. The number of aryl methyl sites for hydroxylation is 1. The van der Waals surface area contributed by atoms with E-state index < -0.39 is 11.8 Å². The van der Waals surface area contributed by atoms with Crippen LogP contribution in [0.15, 0.2) is 64.1 Å². The van der Waals surface area contributed by atoms with E-state index in [9.17, 15) is 19.5 Å². The average Bonchev–Trinajstić information content (AvgIpc) is 3.19. The highest BCUT2D eigenvalue weighted by Crippen LogP contribution is 2.30. The highest BCUT2D eigenvalue weighted by molar-refractivity contribution is 6.07. The second-order valence-electron chi connectivity index (χ2n) is 7.89. The standard InChI is InChI=1S/C25H24N4O5/c1-15-22-18(26-28-24(32)17-10-5-6-12-19(17)30)11-7-13-20(22)34-23(15)25(33)29-27-21(31)14-16-8-3-2-4-9-16/h2-6,8-10,12,30H,7,11,13-14H2,1H3,(H,27,31)(H,28,32)(H,29,33)/b26-18+. The van der Waals surface area contributed by atoms with Crippen molar-refractivity contribution < 1.29 is 23.9 Å². The lowest BCUT2D eigenvalue weighted by Crippen LogP contribution is -2.42. The maximum Gasteiger partial charge on any atom is 0.305 e. The number of hydrazone groups is 1. The van der Waals surface area contributed by atoms with Gasteiger partial charge in [-0.15, -0.1) is 0 Å². The largest absolute Gasteiger partial charge is 0.507 e. The molecule has 34 heavy (non-hydrogen) atoms. The topological polar surface area (TPSA) is 133 Å². The van der Waals surface area contributed by atoms with Gasteiger partial charge < -0.3 is 9.52 Å². The van der Waals surface area contributed by atoms with Gasteiger partial charge >= 0.3 is 5.91 Å². The monoisotopic (exact) mass is 460 g/mol. The van der Waals surface area contributed by atoms with Crippen molar-refractivity contribution in [2.75, 3.05) is 0 Å². The Morgan fingerprint density at radius 2 is 1.71 bits per heavy atom. The first-order valence-electron chi connectivity index (χ1n) is 10.8. The summed E-state index contributed by atoms with van der Waals surface area (Å²) in [7, 11) is 0. The van der Waals surface area contributed by atoms with Crippen molar-refractivity contribution in [2.24, 2.45) is 5.10 Å². The van der Waals surface area contributed by atoms with Crippen molar-refractivity contribution in [3.8, 4) is 5.75 Å². The summed E-state index contributed by atoms with van der Waals surface area (Å²) in [5.41, 5.74) is 10.0. The number of furan rings is 1. The van der Waals surface area contributed by atoms with Crippen LogP contribution in [0.5, 0.6) is 5.75 Å². The second kappa shape index (κ2) is 10.0. The number of hydrogen-bond donors (Lipinski definition) is 4. The fourth-order valence-electron chi connectivity index (χ4n) is 3.85. The molecule has 0 unspecified atom stereocenters. The third kappa shape index (κ3) is 4.98. The van der Waals surface area contributed by atoms with Crippen LogP contribution < -0.4 is 16.3 Å². The van der Waals surface area contributed by atoms with Crippen molar-refractivity contribution in [2.45, 2.75) is 32.6 Å². The van der Waals surface area contributed by atoms with Gasteiger partial charge in [-0.05, 0) is 37.5 Å². The lowest BCUT2D eigenvalue weighted by molar-refractivity contribution is -0.121. The molecule has 0 fully saturated rings. The first-order chi connectivity index (χ1) is 16.4. The minimum Gasteiger partial charge on any atom is -0.507 e. The Morgan fingerprint density at radius 1 is 0.971 bits per heavy atom. The highest BCUT2D eigenvalue weighted by atomic mass is 16.4. The number of nitrogens with one attached hydrogen (secondary N) is 3. The van der Waals surface area contributed by atoms with E-state index in [-0.39, 0.29) is 29.4 Å². The number of phenolic OH excluding ortho intramolecular Hbond substituents is 1. The second-order valence-corrected chi connectivity index (χ2v) is 7.89. The summed E-state index contributed by atoms with van der Waals surface area (Å²) in [5, 5.41) is 14.1. The molecule has 1 aliphatic carbocycles. The van der Waals surface area contributed by atoms with Crippen molar-refractivity contribution in [3.05, 3.63) is 88.4 Å². The van der Waals surface area contributed by atoms with Gasteiger partial charge in [0, 0.05) is 17.5 Å². The van der Waals surface area contributed by atoms with Gasteiger partial charge in [0.1, 0.15) is 11.5 Å². The van der Waals surface area contributed by atoms with Crippen LogP contribution in [0.3, 0.4) is 0 Å². The van der Waals surface area contributed by atoms with E-state index in [4.69, 9.17) is 4.42 Å². The van der Waals surface area contributed by atoms with Crippen LogP contribution >= 0.6 is 0 Å². The van der Waals surface area contributed by atoms with Gasteiger partial charge in [0.2, 0.25) is 5.91 Å². The summed E-state index contributed by atoms with van der Waals surface area (Å²) in [5.74, 6) is -0.949. The number of rotatable bonds is 5. The molecule has 3 amide bonds. The summed E-state index contributed by atoms with van der Waals surface area (Å²) >= 11 is 0. The van der Waals surface area contributed by atoms with E-state index in [1.54, 1.807) is 19.1 Å². The maximum atomic E-state index is 12.7. The number of carbonyl (C=O) groups excluding carboxylic acids is 3. The molecule has 4 rings (SSSR count). The number of para-hydroxylation sites is 1. The Bertz CT molecular complexity index is 1260. The predicted molar refractivity (Wildman–Crippen MR) is 124 cm³/mol. The molecule has 9 nitrogen and oxygen atoms in total. The van der Waals surface area contributed by atoms with Gasteiger partial charge in [0.15, 0.2) is 5.76 Å². The number of hydrogen-bond acceptors (Lipinski definition) is 6. The number of aromatic hydroxyl groups is 1. The Kier molecular flexibility index (Phi) is 6.72. The van der Waals surface area contributed by atoms with E-state index in [0.717, 1.165) is 12.0 Å². The van der Waals surface area contributed by atoms with Crippen LogP contribution in [0.2, 0.25) is 0 Å². The normalized spacial score (nSPS) is 13.7. The Morgan fingerprint density at radius 3 is 2.47 bits per heavy atom. The van der Waals surface area contributed by atoms with Gasteiger partial charge in [-0.1, -0.05) is 42.5 Å². The summed E-state index contributed by atoms with van der Waals surface area (Å²) in [6.07, 6.45) is 2.07. The number of nitrogens with zero attached hydrogens (tertiary/aromatic N) is 1. The number of hydrazine groups is 1. The molecule has 2 aromatic carbocycles. The van der Waals surface area contributed by atoms with Crippen LogP contribution in [-0.4, -0.2) is 28.5 Å². The smallest absolute Gasteiger partial charge is 0.305 e. The van der Waals surface area contributed by atoms with Crippen LogP contribution in [0, 0.1) is 6.92 Å². The molecular weight excluding hydrogens is 436 g/mol. The molecule has 0 saturated heterocycles. The molecule has 1 heterocycles. The minimum atomic E-state index is -0.578. The van der Waals surface area contributed by atoms with Crippen molar-refractivity contribution in [1.82, 2.24) is 16.3 Å². The molecule has 0 spiro atoms. The van der Waals surface area contributed by atoms with Crippen LogP contribution in [-0.2, 0) is 17.6 Å². The maximum absolute atomic E-state index is 12.7. The number of fused-ring (bicyclic) bond motifs is 1. The summed E-state index contributed by atoms with van der Waals surface area (Å²) in [6, 6.07) is 15.4. The Balaban J connectivity index is 1.45. The molecule has 1 aliphatic rings. The zero-order valence-electron chi connectivity index (χ0n) is 18.6. The quantitative estimate of drug-likeness (QED) is 0.435. The average molecular weight is 460 g/mol. The van der Waals surface area contributed by atoms with E-state index in [1.807, 2.05) is 30.3 Å². The predicted octanol–water partition coefficient (Wildman–Crippen LogP) is 2.77. The molecule has 0 bridgehead atoms. The first-order valence-corrected chi connectivity index (χ1v) is 10.8. The first kappa shape index (κ1) is 22.8. The van der Waals surface area contributed by atoms with E-state index in [1.165, 1.54) is 12.1 Å². The van der Waals surface area contributed by atoms with Crippen LogP contribution in [0.4, 0.5) is 0 Å². The molecule has 0 saturated carbocycles. The number of phenols is 1. The lowest BCUT2D eigenvalue weighted by Gasteiger charge is -2.13. The van der Waals surface area contributed by atoms with Gasteiger partial charge in [-0.25, -0.2) is 5.43 Å². The van der Waals surface area contributed by atoms with Gasteiger partial charge in [0.05, 0.1) is 17.7 Å². The van der Waals surface area contributed by atoms with Crippen LogP contribution in [0.1, 0.15) is 56.2 Å².